The quantitative estimate of drug-likeness (QED) is 0.0625. The molecule has 0 saturated heterocycles. The van der Waals surface area contributed by atoms with Crippen molar-refractivity contribution in [2.45, 2.75) is 21.8 Å². The third kappa shape index (κ3) is 26.1. The van der Waals surface area contributed by atoms with Crippen LogP contribution in [0.4, 0.5) is 0 Å². The molecule has 0 atom stereocenters. The van der Waals surface area contributed by atoms with E-state index in [1.54, 1.807) is 29.5 Å². The number of halogens is 12. The van der Waals surface area contributed by atoms with Gasteiger partial charge in [0.2, 0.25) is 10.6 Å². The van der Waals surface area contributed by atoms with Gasteiger partial charge in [-0.25, -0.2) is 39.1 Å². The second-order valence-corrected chi connectivity index (χ2v) is 53.1. The summed E-state index contributed by atoms with van der Waals surface area (Å²) < 4.78 is 24.1. The van der Waals surface area contributed by atoms with Gasteiger partial charge in [-0.3, -0.25) is 14.3 Å². The van der Waals surface area contributed by atoms with E-state index in [2.05, 4.69) is 133 Å². The van der Waals surface area contributed by atoms with Crippen molar-refractivity contribution in [3.63, 3.8) is 0 Å². The molecule has 0 saturated carbocycles. The maximum atomic E-state index is 11.2. The van der Waals surface area contributed by atoms with E-state index in [0.717, 1.165) is 7.11 Å². The van der Waals surface area contributed by atoms with Gasteiger partial charge in [0.05, 0.1) is 34.2 Å². The molecule has 0 bridgehead atoms. The zero-order valence-corrected chi connectivity index (χ0v) is 43.2. The van der Waals surface area contributed by atoms with Crippen LogP contribution >= 0.6 is 201 Å². The summed E-state index contributed by atoms with van der Waals surface area (Å²) in [4.78, 5) is 73.9. The summed E-state index contributed by atoms with van der Waals surface area (Å²) in [6.45, 7) is 1.75. The van der Waals surface area contributed by atoms with Crippen LogP contribution in [0.2, 0.25) is 15.7 Å². The number of nitrogens with one attached hydrogen (secondary N) is 2. The summed E-state index contributed by atoms with van der Waals surface area (Å²) in [6, 6.07) is 0. The van der Waals surface area contributed by atoms with E-state index in [4.69, 9.17) is 34.8 Å². The predicted octanol–water partition coefficient (Wildman–Crippen LogP) is 10.2. The monoisotopic (exact) mass is 1560 g/mol. The molecule has 0 radical (unpaired) electrons. The summed E-state index contributed by atoms with van der Waals surface area (Å²) in [5.41, 5.74) is -0.512. The van der Waals surface area contributed by atoms with Gasteiger partial charge < -0.3 is 19.2 Å². The number of carbonyl (C=O) groups is 3. The second-order valence-electron chi connectivity index (χ2n) is 6.85. The molecule has 0 aliphatic rings. The van der Waals surface area contributed by atoms with Gasteiger partial charge in [0, 0.05) is 0 Å². The number of carbonyl (C=O) groups excluding carboxylic acids is 3. The first-order chi connectivity index (χ1) is 21.9. The third-order valence-electron chi connectivity index (χ3n) is 3.80. The molecule has 15 nitrogen and oxygen atoms in total. The number of methoxy groups -OCH3 is 3. The molecule has 3 aromatic heterocycles. The Labute approximate surface area is 393 Å². The predicted molar refractivity (Wildman–Crippen MR) is 244 cm³/mol. The third-order valence-corrected chi connectivity index (χ3v) is 8.08. The molecule has 0 fully saturated rings. The number of aryl methyl sites for hydroxylation is 1. The second kappa shape index (κ2) is 30.3. The molecule has 0 aromatic carbocycles. The number of hydrogen-bond donors (Lipinski definition) is 2. The summed E-state index contributed by atoms with van der Waals surface area (Å²) in [5.74, 6) is -1.83. The average Bonchev–Trinajstić information content (AvgIpc) is 2.96. The van der Waals surface area contributed by atoms with Crippen molar-refractivity contribution >= 4 is 219 Å². The fourth-order valence-electron chi connectivity index (χ4n) is 2.10. The van der Waals surface area contributed by atoms with E-state index in [-0.39, 0.29) is 56.1 Å². The molecule has 3 aromatic rings. The van der Waals surface area contributed by atoms with Crippen LogP contribution < -0.4 is 11.2 Å². The van der Waals surface area contributed by atoms with E-state index in [9.17, 15) is 28.5 Å². The van der Waals surface area contributed by atoms with Crippen LogP contribution in [0.5, 0.6) is 0 Å². The molecule has 0 amide bonds. The molecule has 3 rings (SSSR count). The Morgan fingerprint density at radius 3 is 1.44 bits per heavy atom. The number of ether oxygens (including phenoxy) is 3. The standard InChI is InChI=1S/C7H6ClIN2O2.C6H3Cl2IN2O2.C6H5IN2O4.2CH4.Cl3OP.3HI.V/c1-3-4(9)5(6(12)13-2)11-7(8)10-3;1-13-5(12)3-2(9)4(7)11-6(8)10-3;1-13-5(11)3-2(7)4(10)9-6(12)8-3;;;1-5(2,3)4;;;;/h1-2H3;1H3;1H3,(H2,8,9,10,12);2*1H4;;3*1H;/q;;;;;;;;;+3/p-3. The molecular formula is C21H22Cl6I6N6O9PV. The van der Waals surface area contributed by atoms with Crippen LogP contribution in [0, 0.1) is 17.6 Å². The van der Waals surface area contributed by atoms with Gasteiger partial charge in [-0.15, -0.1) is 0 Å². The van der Waals surface area contributed by atoms with Gasteiger partial charge in [-0.1, -0.05) is 26.5 Å². The zero-order valence-electron chi connectivity index (χ0n) is 23.4. The van der Waals surface area contributed by atoms with Crippen LogP contribution in [-0.4, -0.2) is 69.1 Å². The van der Waals surface area contributed by atoms with Crippen molar-refractivity contribution in [1.29, 1.82) is 0 Å². The zero-order chi connectivity index (χ0) is 38.1. The van der Waals surface area contributed by atoms with Crippen LogP contribution in [0.15, 0.2) is 9.59 Å². The van der Waals surface area contributed by atoms with E-state index in [1.807, 2.05) is 50.2 Å². The van der Waals surface area contributed by atoms with Crippen molar-refractivity contribution in [1.82, 2.24) is 29.9 Å². The first-order valence-corrected chi connectivity index (χ1v) is 33.0. The first-order valence-electron chi connectivity index (χ1n) is 10.7. The molecule has 0 spiro atoms. The molecule has 3 heterocycles. The van der Waals surface area contributed by atoms with Crippen LogP contribution in [0.25, 0.3) is 0 Å². The number of aromatic amines is 2. The van der Waals surface area contributed by atoms with E-state index >= 15 is 0 Å². The number of hydrogen-bond acceptors (Lipinski definition) is 13. The molecule has 2 N–H and O–H groups in total. The van der Waals surface area contributed by atoms with Crippen LogP contribution in [-0.2, 0) is 23.7 Å². The van der Waals surface area contributed by atoms with Crippen LogP contribution in [0.1, 0.15) is 52.0 Å². The van der Waals surface area contributed by atoms with E-state index in [0.29, 0.717) is 12.8 Å². The van der Waals surface area contributed by atoms with E-state index < -0.39 is 34.4 Å². The molecule has 29 heteroatoms. The first kappa shape index (κ1) is 58.9. The Morgan fingerprint density at radius 1 is 0.700 bits per heavy atom. The molecule has 0 aliphatic carbocycles. The van der Waals surface area contributed by atoms with Gasteiger partial charge in [-0.2, -0.15) is 0 Å². The normalized spacial score (nSPS) is 9.54. The Hall–Kier alpha value is 2.18. The topological polar surface area (TPSA) is 213 Å². The van der Waals surface area contributed by atoms with E-state index in [1.165, 1.54) is 14.2 Å². The van der Waals surface area contributed by atoms with Crippen molar-refractivity contribution in [3.05, 3.63) is 70.0 Å². The fourth-order valence-corrected chi connectivity index (χ4v) is 4.10. The molecule has 0 unspecified atom stereocenters. The van der Waals surface area contributed by atoms with Gasteiger partial charge in [-0.05, 0) is 132 Å². The number of esters is 3. The summed E-state index contributed by atoms with van der Waals surface area (Å²) >= 11 is 43.5. The van der Waals surface area contributed by atoms with Crippen molar-refractivity contribution in [3.8, 4) is 0 Å². The Bertz CT molecular complexity index is 1680. The number of H-pyrrole nitrogens is 2. The molecular weight excluding hydrogens is 1540 g/mol. The summed E-state index contributed by atoms with van der Waals surface area (Å²) in [6.07, 6.45) is 0. The molecule has 284 valence electrons. The average molecular weight is 1560 g/mol. The van der Waals surface area contributed by atoms with Gasteiger partial charge >= 0.3 is 93.7 Å². The Morgan fingerprint density at radius 2 is 1.06 bits per heavy atom. The maximum absolute atomic E-state index is 11.2. The van der Waals surface area contributed by atoms with Gasteiger partial charge in [0.1, 0.15) is 14.4 Å². The van der Waals surface area contributed by atoms with Crippen LogP contribution in [0.3, 0.4) is 0 Å². The molecule has 0 aliphatic heterocycles. The SMILES string of the molecule is C.C.COC(=O)c1[nH]c(=O)[nH]c(=O)c1I.COC(=O)c1nc(Cl)nc(C)c1I.COC(=O)c1nc(Cl)nc(Cl)c1I.O=P(Cl)(Cl)Cl.[I][V]([I])[I]. The number of rotatable bonds is 3. The van der Waals surface area contributed by atoms with Gasteiger partial charge in [0.25, 0.3) is 5.56 Å². The molecule has 50 heavy (non-hydrogen) atoms. The minimum atomic E-state index is -3.22. The minimum absolute atomic E-state index is 0. The number of aromatic nitrogens is 6. The summed E-state index contributed by atoms with van der Waals surface area (Å²) in [7, 11) is 3.71. The van der Waals surface area contributed by atoms with Crippen molar-refractivity contribution < 1.29 is 38.1 Å². The fraction of sp³-hybridized carbons (Fsp3) is 0.286. The number of nitrogens with zero attached hydrogens (tertiary/aromatic N) is 4. The van der Waals surface area contributed by atoms with Crippen molar-refractivity contribution in [2.75, 3.05) is 21.3 Å². The Kier molecular flexibility index (Phi) is 35.7. The summed E-state index contributed by atoms with van der Waals surface area (Å²) in [5, 5.41) is -3.11. The Balaban J connectivity index is -0.000000278. The van der Waals surface area contributed by atoms with Gasteiger partial charge in [0.15, 0.2) is 11.4 Å². The van der Waals surface area contributed by atoms with Crippen molar-refractivity contribution in [2.24, 2.45) is 0 Å².